The van der Waals surface area contributed by atoms with E-state index in [2.05, 4.69) is 62.2 Å². The number of aldehydes is 1. The zero-order valence-electron chi connectivity index (χ0n) is 41.4. The predicted molar refractivity (Wildman–Crippen MR) is 268 cm³/mol. The SMILES string of the molecule is CC(C)C[C@H](NC(=O)[C@@H](NC(=O)[C@H](CCCCN)NC(=O)[C@H](CCCN=C(N)N)NC(=O)[C@H](Cc1cnc[nH]1)NC(=O)[C@H](CCCN=C(N)N)NC(=O)CN)C(C)C)C(=O)N[C@H](C=O)CCCN=C(N)N. The first-order valence-electron chi connectivity index (χ1n) is 23.7. The molecule has 0 aliphatic heterocycles. The smallest absolute Gasteiger partial charge is 0.243 e. The molecule has 28 nitrogen and oxygen atoms in total. The van der Waals surface area contributed by atoms with Crippen LogP contribution in [0.3, 0.4) is 0 Å². The number of hydrogen-bond acceptors (Lipinski definition) is 14. The van der Waals surface area contributed by atoms with Gasteiger partial charge in [-0.2, -0.15) is 0 Å². The van der Waals surface area contributed by atoms with E-state index in [0.29, 0.717) is 31.2 Å². The molecule has 0 unspecified atom stereocenters. The van der Waals surface area contributed by atoms with Crippen molar-refractivity contribution < 1.29 is 38.4 Å². The number of carbonyl (C=O) groups excluding carboxylic acids is 8. The zero-order chi connectivity index (χ0) is 53.5. The maximum absolute atomic E-state index is 14.3. The third-order valence-electron chi connectivity index (χ3n) is 10.6. The van der Waals surface area contributed by atoms with Crippen LogP contribution in [0, 0.1) is 11.8 Å². The number of hydrogen-bond donors (Lipinski definition) is 16. The van der Waals surface area contributed by atoms with Crippen LogP contribution in [0.25, 0.3) is 0 Å². The molecule has 1 aromatic rings. The van der Waals surface area contributed by atoms with Gasteiger partial charge in [-0.15, -0.1) is 0 Å². The topological polar surface area (TPSA) is 495 Å². The van der Waals surface area contributed by atoms with Gasteiger partial charge < -0.3 is 92.9 Å². The first-order valence-corrected chi connectivity index (χ1v) is 23.7. The molecule has 1 aromatic heterocycles. The molecule has 400 valence electrons. The van der Waals surface area contributed by atoms with Gasteiger partial charge in [0.1, 0.15) is 42.5 Å². The van der Waals surface area contributed by atoms with Crippen molar-refractivity contribution in [1.29, 1.82) is 0 Å². The molecular formula is C43H80N20O8. The predicted octanol–water partition coefficient (Wildman–Crippen LogP) is -5.50. The number of aromatic amines is 1. The van der Waals surface area contributed by atoms with Crippen LogP contribution >= 0.6 is 0 Å². The number of nitrogens with one attached hydrogen (secondary N) is 8. The summed E-state index contributed by atoms with van der Waals surface area (Å²) in [6, 6.07) is -8.27. The second kappa shape index (κ2) is 34.2. The normalized spacial score (nSPS) is 13.9. The van der Waals surface area contributed by atoms with Crippen LogP contribution in [0.15, 0.2) is 27.5 Å². The van der Waals surface area contributed by atoms with E-state index in [4.69, 9.17) is 45.9 Å². The average Bonchev–Trinajstić information content (AvgIpc) is 3.82. The van der Waals surface area contributed by atoms with Crippen molar-refractivity contribution in [2.75, 3.05) is 32.7 Å². The molecule has 0 fully saturated rings. The van der Waals surface area contributed by atoms with Crippen molar-refractivity contribution in [1.82, 2.24) is 47.2 Å². The molecule has 0 spiro atoms. The highest BCUT2D eigenvalue weighted by Gasteiger charge is 2.35. The Labute approximate surface area is 414 Å². The number of amides is 7. The van der Waals surface area contributed by atoms with Crippen LogP contribution in [0.1, 0.15) is 97.6 Å². The standard InChI is InChI=1S/C43H80N20O8/c1-24(2)18-31(38(69)57-26(22-64)10-7-15-53-41(46)47)62-40(71)34(25(3)4)63-37(68)29(11-5-6-14-44)59-36(67)30(13-9-17-55-43(50)51)60-39(70)32(19-27-21-52-23-56-27)61-35(66)28(58-33(65)20-45)12-8-16-54-42(48)49/h21-26,28-32,34H,5-20,44-45H2,1-4H3,(H,52,56)(H,57,69)(H,58,65)(H,59,67)(H,60,70)(H,61,66)(H,62,71)(H,63,68)(H4,46,47,53)(H4,48,49,54)(H4,50,51,55)/t26-,28-,29-,30-,31-,32-,34-/m0/s1. The molecule has 24 N–H and O–H groups in total. The van der Waals surface area contributed by atoms with Crippen LogP contribution in [-0.2, 0) is 44.8 Å². The third-order valence-corrected chi connectivity index (χ3v) is 10.6. The Balaban J connectivity index is 3.49. The highest BCUT2D eigenvalue weighted by atomic mass is 16.2. The molecule has 0 saturated heterocycles. The minimum absolute atomic E-state index is 0.0479. The number of guanidine groups is 3. The first-order chi connectivity index (χ1) is 33.6. The van der Waals surface area contributed by atoms with Gasteiger partial charge in [-0.3, -0.25) is 48.5 Å². The highest BCUT2D eigenvalue weighted by Crippen LogP contribution is 2.12. The van der Waals surface area contributed by atoms with Crippen molar-refractivity contribution in [2.45, 2.75) is 141 Å². The van der Waals surface area contributed by atoms with E-state index < -0.39 is 96.1 Å². The summed E-state index contributed by atoms with van der Waals surface area (Å²) in [5, 5.41) is 18.8. The van der Waals surface area contributed by atoms with Gasteiger partial charge >= 0.3 is 0 Å². The molecule has 0 bridgehead atoms. The monoisotopic (exact) mass is 1000 g/mol. The Hall–Kier alpha value is -7.10. The van der Waals surface area contributed by atoms with Crippen molar-refractivity contribution in [3.63, 3.8) is 0 Å². The fraction of sp³-hybridized carbons (Fsp3) is 0.674. The lowest BCUT2D eigenvalue weighted by atomic mass is 9.98. The van der Waals surface area contributed by atoms with Gasteiger partial charge in [-0.25, -0.2) is 4.98 Å². The van der Waals surface area contributed by atoms with Crippen LogP contribution in [0.5, 0.6) is 0 Å². The lowest BCUT2D eigenvalue weighted by Gasteiger charge is -2.29. The third kappa shape index (κ3) is 26.5. The molecule has 0 saturated carbocycles. The van der Waals surface area contributed by atoms with E-state index in [-0.39, 0.29) is 101 Å². The van der Waals surface area contributed by atoms with Gasteiger partial charge in [0.25, 0.3) is 0 Å². The van der Waals surface area contributed by atoms with Gasteiger partial charge in [0.05, 0.1) is 18.9 Å². The summed E-state index contributed by atoms with van der Waals surface area (Å²) in [5.41, 5.74) is 44.4. The Bertz CT molecular complexity index is 1920. The number of aromatic nitrogens is 2. The number of carbonyl (C=O) groups is 8. The summed E-state index contributed by atoms with van der Waals surface area (Å²) in [6.07, 6.45) is 5.47. The molecule has 0 aliphatic carbocycles. The van der Waals surface area contributed by atoms with Crippen LogP contribution in [0.4, 0.5) is 0 Å². The lowest BCUT2D eigenvalue weighted by Crippen LogP contribution is -2.61. The molecule has 0 aliphatic rings. The first kappa shape index (κ1) is 61.9. The maximum Gasteiger partial charge on any atom is 0.243 e. The molecule has 7 atom stereocenters. The van der Waals surface area contributed by atoms with Gasteiger partial charge in [0.15, 0.2) is 17.9 Å². The van der Waals surface area contributed by atoms with Crippen LogP contribution in [-0.4, -0.2) is 150 Å². The number of imidazole rings is 1. The fourth-order valence-electron chi connectivity index (χ4n) is 6.93. The molecule has 1 rings (SSSR count). The van der Waals surface area contributed by atoms with E-state index >= 15 is 0 Å². The molecule has 28 heteroatoms. The van der Waals surface area contributed by atoms with Gasteiger partial charge in [-0.05, 0) is 82.6 Å². The Morgan fingerprint density at radius 3 is 1.48 bits per heavy atom. The minimum Gasteiger partial charge on any atom is -0.370 e. The Kier molecular flexibility index (Phi) is 29.9. The van der Waals surface area contributed by atoms with Crippen LogP contribution in [0.2, 0.25) is 0 Å². The number of aliphatic imine (C=N–C) groups is 3. The average molecular weight is 1010 g/mol. The summed E-state index contributed by atoms with van der Waals surface area (Å²) in [4.78, 5) is 127. The summed E-state index contributed by atoms with van der Waals surface area (Å²) in [6.45, 7) is 7.37. The summed E-state index contributed by atoms with van der Waals surface area (Å²) >= 11 is 0. The molecule has 0 radical (unpaired) electrons. The van der Waals surface area contributed by atoms with E-state index in [1.165, 1.54) is 12.5 Å². The summed E-state index contributed by atoms with van der Waals surface area (Å²) in [7, 11) is 0. The number of H-pyrrole nitrogens is 1. The van der Waals surface area contributed by atoms with E-state index in [1.807, 2.05) is 13.8 Å². The van der Waals surface area contributed by atoms with Crippen molar-refractivity contribution in [3.05, 3.63) is 18.2 Å². The fourth-order valence-corrected chi connectivity index (χ4v) is 6.93. The second-order valence-corrected chi connectivity index (χ2v) is 17.6. The summed E-state index contributed by atoms with van der Waals surface area (Å²) in [5.74, 6) is -6.10. The zero-order valence-corrected chi connectivity index (χ0v) is 41.4. The second-order valence-electron chi connectivity index (χ2n) is 17.6. The van der Waals surface area contributed by atoms with Gasteiger partial charge in [0, 0.05) is 37.9 Å². The number of rotatable bonds is 36. The van der Waals surface area contributed by atoms with Crippen molar-refractivity contribution in [3.8, 4) is 0 Å². The van der Waals surface area contributed by atoms with E-state index in [0.717, 1.165) is 0 Å². The Morgan fingerprint density at radius 2 is 1.03 bits per heavy atom. The van der Waals surface area contributed by atoms with Gasteiger partial charge in [0.2, 0.25) is 41.4 Å². The number of unbranched alkanes of at least 4 members (excludes halogenated alkanes) is 1. The van der Waals surface area contributed by atoms with E-state index in [1.54, 1.807) is 13.8 Å². The lowest BCUT2D eigenvalue weighted by molar-refractivity contribution is -0.136. The molecule has 7 amide bonds. The van der Waals surface area contributed by atoms with E-state index in [9.17, 15) is 38.4 Å². The quantitative estimate of drug-likeness (QED) is 0.0129. The molecular weight excluding hydrogens is 925 g/mol. The number of nitrogens with two attached hydrogens (primary N) is 8. The molecule has 0 aromatic carbocycles. The van der Waals surface area contributed by atoms with Crippen molar-refractivity contribution >= 4 is 65.5 Å². The van der Waals surface area contributed by atoms with Crippen LogP contribution < -0.4 is 83.1 Å². The van der Waals surface area contributed by atoms with Gasteiger partial charge in [-0.1, -0.05) is 27.7 Å². The number of nitrogens with zero attached hydrogens (tertiary/aromatic N) is 4. The summed E-state index contributed by atoms with van der Waals surface area (Å²) < 4.78 is 0. The minimum atomic E-state index is -1.35. The maximum atomic E-state index is 14.3. The van der Waals surface area contributed by atoms with Crippen molar-refractivity contribution in [2.24, 2.45) is 72.7 Å². The highest BCUT2D eigenvalue weighted by molar-refractivity contribution is 5.97. The molecule has 1 heterocycles. The Morgan fingerprint density at radius 1 is 0.577 bits per heavy atom. The molecule has 71 heavy (non-hydrogen) atoms. The largest absolute Gasteiger partial charge is 0.370 e.